The van der Waals surface area contributed by atoms with Gasteiger partial charge in [-0.2, -0.15) is 0 Å². The van der Waals surface area contributed by atoms with Crippen molar-refractivity contribution in [1.82, 2.24) is 4.98 Å². The van der Waals surface area contributed by atoms with Gasteiger partial charge in [0, 0.05) is 22.3 Å². The molecule has 3 heteroatoms. The zero-order valence-electron chi connectivity index (χ0n) is 11.2. The average molecular weight is 327 g/mol. The quantitative estimate of drug-likeness (QED) is 0.760. The second-order valence-corrected chi connectivity index (χ2v) is 5.73. The van der Waals surface area contributed by atoms with Crippen LogP contribution in [0.5, 0.6) is 0 Å². The molecule has 0 aliphatic rings. The molecule has 1 aromatic heterocycles. The van der Waals surface area contributed by atoms with E-state index >= 15 is 0 Å². The minimum absolute atomic E-state index is 0.152. The van der Waals surface area contributed by atoms with Gasteiger partial charge in [-0.1, -0.05) is 46.3 Å². The number of hydrogen-bond acceptors (Lipinski definition) is 2. The maximum Gasteiger partial charge on any atom is 0.0561 e. The number of nitrogens with zero attached hydrogens (tertiary/aromatic N) is 1. The molecule has 3 aromatic rings. The van der Waals surface area contributed by atoms with E-state index < -0.39 is 0 Å². The summed E-state index contributed by atoms with van der Waals surface area (Å²) in [6.07, 6.45) is 3.69. The highest BCUT2D eigenvalue weighted by Crippen LogP contribution is 2.30. The minimum atomic E-state index is -0.152. The van der Waals surface area contributed by atoms with Crippen LogP contribution in [0.1, 0.15) is 22.7 Å². The number of benzene rings is 2. The van der Waals surface area contributed by atoms with Crippen LogP contribution < -0.4 is 5.73 Å². The number of fused-ring (bicyclic) bond motifs is 1. The first kappa shape index (κ1) is 13.3. The highest BCUT2D eigenvalue weighted by Gasteiger charge is 2.15. The predicted octanol–water partition coefficient (Wildman–Crippen LogP) is 4.35. The largest absolute Gasteiger partial charge is 0.320 e. The fourth-order valence-corrected chi connectivity index (χ4v) is 2.92. The van der Waals surface area contributed by atoms with Crippen LogP contribution in [0.3, 0.4) is 0 Å². The molecule has 2 aromatic carbocycles. The summed E-state index contributed by atoms with van der Waals surface area (Å²) in [5.74, 6) is 0. The topological polar surface area (TPSA) is 38.9 Å². The summed E-state index contributed by atoms with van der Waals surface area (Å²) in [7, 11) is 0. The molecule has 20 heavy (non-hydrogen) atoms. The summed E-state index contributed by atoms with van der Waals surface area (Å²) in [5, 5.41) is 2.28. The smallest absolute Gasteiger partial charge is 0.0561 e. The molecular formula is C17H15BrN2. The van der Waals surface area contributed by atoms with E-state index in [0.717, 1.165) is 21.0 Å². The molecular weight excluding hydrogens is 312 g/mol. The van der Waals surface area contributed by atoms with Crippen molar-refractivity contribution in [1.29, 1.82) is 0 Å². The van der Waals surface area contributed by atoms with Crippen LogP contribution in [0.25, 0.3) is 10.8 Å². The summed E-state index contributed by atoms with van der Waals surface area (Å²) in [6, 6.07) is 14.2. The van der Waals surface area contributed by atoms with Crippen LogP contribution >= 0.6 is 15.9 Å². The Morgan fingerprint density at radius 3 is 2.65 bits per heavy atom. The first-order valence-electron chi connectivity index (χ1n) is 6.51. The Labute approximate surface area is 126 Å². The molecule has 0 saturated carbocycles. The van der Waals surface area contributed by atoms with Crippen LogP contribution in [0, 0.1) is 6.92 Å². The Morgan fingerprint density at radius 1 is 1.05 bits per heavy atom. The van der Waals surface area contributed by atoms with Crippen molar-refractivity contribution < 1.29 is 0 Å². The van der Waals surface area contributed by atoms with Gasteiger partial charge in [0.05, 0.1) is 6.04 Å². The lowest BCUT2D eigenvalue weighted by Crippen LogP contribution is -2.14. The number of aromatic nitrogens is 1. The lowest BCUT2D eigenvalue weighted by molar-refractivity contribution is 0.868. The lowest BCUT2D eigenvalue weighted by Gasteiger charge is -2.18. The Morgan fingerprint density at radius 2 is 1.80 bits per heavy atom. The molecule has 0 amide bonds. The second kappa shape index (κ2) is 5.35. The number of pyridine rings is 1. The van der Waals surface area contributed by atoms with Gasteiger partial charge in [-0.3, -0.25) is 4.98 Å². The third-order valence-corrected chi connectivity index (χ3v) is 4.56. The van der Waals surface area contributed by atoms with Gasteiger partial charge in [-0.15, -0.1) is 0 Å². The molecule has 0 saturated heterocycles. The van der Waals surface area contributed by atoms with E-state index in [-0.39, 0.29) is 6.04 Å². The van der Waals surface area contributed by atoms with E-state index in [2.05, 4.69) is 46.0 Å². The van der Waals surface area contributed by atoms with E-state index in [9.17, 15) is 0 Å². The third-order valence-electron chi connectivity index (χ3n) is 3.70. The number of rotatable bonds is 2. The number of halogens is 1. The van der Waals surface area contributed by atoms with Crippen LogP contribution in [0.2, 0.25) is 0 Å². The van der Waals surface area contributed by atoms with Crippen molar-refractivity contribution in [2.45, 2.75) is 13.0 Å². The molecule has 1 unspecified atom stereocenters. The van der Waals surface area contributed by atoms with Gasteiger partial charge in [0.1, 0.15) is 0 Å². The van der Waals surface area contributed by atoms with Crippen LogP contribution in [0.4, 0.5) is 0 Å². The highest BCUT2D eigenvalue weighted by molar-refractivity contribution is 9.10. The zero-order valence-corrected chi connectivity index (χ0v) is 12.8. The minimum Gasteiger partial charge on any atom is -0.320 e. The van der Waals surface area contributed by atoms with Crippen molar-refractivity contribution in [3.8, 4) is 0 Å². The van der Waals surface area contributed by atoms with Crippen molar-refractivity contribution in [3.63, 3.8) is 0 Å². The van der Waals surface area contributed by atoms with Crippen molar-refractivity contribution in [2.75, 3.05) is 0 Å². The van der Waals surface area contributed by atoms with Crippen molar-refractivity contribution in [2.24, 2.45) is 5.73 Å². The SMILES string of the molecule is Cc1c(Br)cccc1C(N)c1cccc2ccncc12. The van der Waals surface area contributed by atoms with Gasteiger partial charge in [0.2, 0.25) is 0 Å². The Hall–Kier alpha value is -1.71. The first-order valence-corrected chi connectivity index (χ1v) is 7.31. The molecule has 0 aliphatic carbocycles. The van der Waals surface area contributed by atoms with E-state index in [1.807, 2.05) is 36.7 Å². The molecule has 0 spiro atoms. The van der Waals surface area contributed by atoms with Gasteiger partial charge in [-0.25, -0.2) is 0 Å². The molecule has 3 rings (SSSR count). The van der Waals surface area contributed by atoms with E-state index in [1.165, 1.54) is 10.9 Å². The summed E-state index contributed by atoms with van der Waals surface area (Å²) in [4.78, 5) is 4.22. The standard InChI is InChI=1S/C17H15BrN2/c1-11-13(5-3-7-16(11)18)17(19)14-6-2-4-12-8-9-20-10-15(12)14/h2-10,17H,19H2,1H3. The molecule has 0 radical (unpaired) electrons. The molecule has 1 heterocycles. The van der Waals surface area contributed by atoms with E-state index in [4.69, 9.17) is 5.73 Å². The summed E-state index contributed by atoms with van der Waals surface area (Å²) in [6.45, 7) is 2.09. The molecule has 2 N–H and O–H groups in total. The molecule has 0 bridgehead atoms. The zero-order chi connectivity index (χ0) is 14.1. The summed E-state index contributed by atoms with van der Waals surface area (Å²) >= 11 is 3.57. The number of nitrogens with two attached hydrogens (primary N) is 1. The van der Waals surface area contributed by atoms with Crippen LogP contribution in [-0.4, -0.2) is 4.98 Å². The average Bonchev–Trinajstić information content (AvgIpc) is 2.49. The fraction of sp³-hybridized carbons (Fsp3) is 0.118. The lowest BCUT2D eigenvalue weighted by atomic mass is 9.93. The predicted molar refractivity (Wildman–Crippen MR) is 86.7 cm³/mol. The van der Waals surface area contributed by atoms with Gasteiger partial charge in [0.15, 0.2) is 0 Å². The summed E-state index contributed by atoms with van der Waals surface area (Å²) < 4.78 is 1.09. The molecule has 0 aliphatic heterocycles. The maximum atomic E-state index is 6.50. The summed E-state index contributed by atoms with van der Waals surface area (Å²) in [5.41, 5.74) is 9.93. The Bertz CT molecular complexity index is 763. The van der Waals surface area contributed by atoms with Gasteiger partial charge in [-0.05, 0) is 41.1 Å². The van der Waals surface area contributed by atoms with Gasteiger partial charge in [0.25, 0.3) is 0 Å². The van der Waals surface area contributed by atoms with E-state index in [1.54, 1.807) is 0 Å². The van der Waals surface area contributed by atoms with Gasteiger partial charge >= 0.3 is 0 Å². The fourth-order valence-electron chi connectivity index (χ4n) is 2.54. The normalized spacial score (nSPS) is 12.6. The van der Waals surface area contributed by atoms with Crippen LogP contribution in [-0.2, 0) is 0 Å². The Kier molecular flexibility index (Phi) is 3.55. The molecule has 100 valence electrons. The van der Waals surface area contributed by atoms with Crippen molar-refractivity contribution in [3.05, 3.63) is 76.0 Å². The van der Waals surface area contributed by atoms with Crippen molar-refractivity contribution >= 4 is 26.7 Å². The molecule has 2 nitrogen and oxygen atoms in total. The second-order valence-electron chi connectivity index (χ2n) is 4.88. The van der Waals surface area contributed by atoms with E-state index in [0.29, 0.717) is 0 Å². The first-order chi connectivity index (χ1) is 9.68. The monoisotopic (exact) mass is 326 g/mol. The molecule has 0 fully saturated rings. The van der Waals surface area contributed by atoms with Gasteiger partial charge < -0.3 is 5.73 Å². The van der Waals surface area contributed by atoms with Crippen LogP contribution in [0.15, 0.2) is 59.3 Å². The third kappa shape index (κ3) is 2.23. The maximum absolute atomic E-state index is 6.50. The Balaban J connectivity index is 2.18. The number of hydrogen-bond donors (Lipinski definition) is 1. The highest BCUT2D eigenvalue weighted by atomic mass is 79.9. The molecule has 1 atom stereocenters.